The number of allylic oxidation sites excluding steroid dienone is 4. The molecule has 0 unspecified atom stereocenters. The molecule has 0 atom stereocenters. The van der Waals surface area contributed by atoms with Gasteiger partial charge in [0.05, 0.1) is 36.5 Å². The molecule has 4 heterocycles. The molecule has 156 valence electrons. The number of aromatic nitrogens is 4. The van der Waals surface area contributed by atoms with Crippen LogP contribution in [-0.2, 0) is 11.3 Å². The average Bonchev–Trinajstić information content (AvgIpc) is 3.25. The van der Waals surface area contributed by atoms with Gasteiger partial charge in [-0.15, -0.1) is 0 Å². The van der Waals surface area contributed by atoms with E-state index in [4.69, 9.17) is 4.74 Å². The maximum Gasteiger partial charge on any atom is 0.0912 e. The lowest BCUT2D eigenvalue weighted by molar-refractivity contribution is 0.0341. The number of ether oxygens (including phenoxy) is 1. The fourth-order valence-corrected chi connectivity index (χ4v) is 4.03. The van der Waals surface area contributed by atoms with Crippen molar-refractivity contribution in [3.63, 3.8) is 0 Å². The van der Waals surface area contributed by atoms with Crippen molar-refractivity contribution >= 4 is 17.7 Å². The number of H-pyrrole nitrogens is 1. The normalized spacial score (nSPS) is 17.5. The van der Waals surface area contributed by atoms with Gasteiger partial charge in [-0.3, -0.25) is 20.0 Å². The van der Waals surface area contributed by atoms with Crippen LogP contribution in [0.4, 0.5) is 0 Å². The van der Waals surface area contributed by atoms with Gasteiger partial charge in [0.1, 0.15) is 0 Å². The summed E-state index contributed by atoms with van der Waals surface area (Å²) in [6.45, 7) is 6.45. The standard InChI is InChI=1S/C25H25N5O/c1-18-4-2-7-24(28-18)25-22(16-27-29-25)19-5-3-6-21-20(10-11-26-23(21)9-8-19)17-30-12-14-31-15-13-30/h2-11,16H,12-15,17H2,1H3,(H,27,29)/b5-3?,6-3+,9-8?,19-5?,19-8?,21-6?,23-9?. The van der Waals surface area contributed by atoms with Crippen LogP contribution in [0.1, 0.15) is 28.1 Å². The Morgan fingerprint density at radius 3 is 2.87 bits per heavy atom. The van der Waals surface area contributed by atoms with Gasteiger partial charge in [0.15, 0.2) is 0 Å². The van der Waals surface area contributed by atoms with Crippen LogP contribution >= 0.6 is 0 Å². The predicted octanol–water partition coefficient (Wildman–Crippen LogP) is 4.13. The van der Waals surface area contributed by atoms with Crippen molar-refractivity contribution in [2.45, 2.75) is 13.5 Å². The Morgan fingerprint density at radius 2 is 2.00 bits per heavy atom. The molecule has 1 fully saturated rings. The molecule has 2 aliphatic rings. The summed E-state index contributed by atoms with van der Waals surface area (Å²) in [5, 5.41) is 7.40. The van der Waals surface area contributed by atoms with Gasteiger partial charge in [-0.1, -0.05) is 30.4 Å². The van der Waals surface area contributed by atoms with E-state index in [2.05, 4.69) is 61.5 Å². The van der Waals surface area contributed by atoms with Crippen LogP contribution in [0.2, 0.25) is 0 Å². The lowest BCUT2D eigenvalue weighted by Crippen LogP contribution is -2.35. The van der Waals surface area contributed by atoms with Crippen molar-refractivity contribution in [3.05, 3.63) is 83.0 Å². The monoisotopic (exact) mass is 411 g/mol. The Bertz CT molecular complexity index is 1170. The fourth-order valence-electron chi connectivity index (χ4n) is 4.03. The highest BCUT2D eigenvalue weighted by molar-refractivity contribution is 5.88. The van der Waals surface area contributed by atoms with Crippen molar-refractivity contribution in [1.82, 2.24) is 25.1 Å². The van der Waals surface area contributed by atoms with Crippen LogP contribution in [0.15, 0.2) is 54.9 Å². The van der Waals surface area contributed by atoms with Crippen molar-refractivity contribution < 1.29 is 4.74 Å². The quantitative estimate of drug-likeness (QED) is 0.699. The maximum atomic E-state index is 5.48. The molecular weight excluding hydrogens is 386 g/mol. The molecule has 0 aromatic carbocycles. The summed E-state index contributed by atoms with van der Waals surface area (Å²) >= 11 is 0. The first kappa shape index (κ1) is 19.6. The number of hydrogen-bond donors (Lipinski definition) is 1. The van der Waals surface area contributed by atoms with Crippen molar-refractivity contribution in [2.24, 2.45) is 0 Å². The molecule has 6 nitrogen and oxygen atoms in total. The molecule has 3 aromatic rings. The van der Waals surface area contributed by atoms with Gasteiger partial charge in [0, 0.05) is 42.7 Å². The minimum absolute atomic E-state index is 0.804. The molecule has 0 saturated carbocycles. The molecule has 3 aromatic heterocycles. The second-order valence-corrected chi connectivity index (χ2v) is 7.79. The summed E-state index contributed by atoms with van der Waals surface area (Å²) in [5.41, 5.74) is 8.31. The van der Waals surface area contributed by atoms with E-state index in [1.807, 2.05) is 37.5 Å². The summed E-state index contributed by atoms with van der Waals surface area (Å²) in [7, 11) is 0. The van der Waals surface area contributed by atoms with Crippen molar-refractivity contribution in [2.75, 3.05) is 26.3 Å². The molecule has 0 radical (unpaired) electrons. The van der Waals surface area contributed by atoms with E-state index in [9.17, 15) is 0 Å². The first-order chi connectivity index (χ1) is 15.3. The topological polar surface area (TPSA) is 66.9 Å². The molecule has 1 aliphatic carbocycles. The maximum absolute atomic E-state index is 5.48. The Hall–Kier alpha value is -3.35. The fraction of sp³-hybridized carbons (Fsp3) is 0.240. The number of morpholine rings is 1. The van der Waals surface area contributed by atoms with Gasteiger partial charge in [-0.05, 0) is 42.3 Å². The van der Waals surface area contributed by atoms with E-state index in [-0.39, 0.29) is 0 Å². The number of aromatic amines is 1. The smallest absolute Gasteiger partial charge is 0.0912 e. The summed E-state index contributed by atoms with van der Waals surface area (Å²) in [4.78, 5) is 11.7. The summed E-state index contributed by atoms with van der Waals surface area (Å²) < 4.78 is 5.48. The van der Waals surface area contributed by atoms with E-state index < -0.39 is 0 Å². The molecule has 0 bridgehead atoms. The molecule has 1 N–H and O–H groups in total. The van der Waals surface area contributed by atoms with Crippen LogP contribution < -0.4 is 0 Å². The number of nitrogens with one attached hydrogen (secondary N) is 1. The van der Waals surface area contributed by atoms with Gasteiger partial charge in [-0.2, -0.15) is 5.10 Å². The number of fused-ring (bicyclic) bond motifs is 1. The molecular formula is C25H25N5O. The predicted molar refractivity (Wildman–Crippen MR) is 123 cm³/mol. The van der Waals surface area contributed by atoms with E-state index in [0.717, 1.165) is 66.8 Å². The van der Waals surface area contributed by atoms with Gasteiger partial charge < -0.3 is 4.74 Å². The largest absolute Gasteiger partial charge is 0.379 e. The molecule has 5 rings (SSSR count). The third kappa shape index (κ3) is 4.26. The van der Waals surface area contributed by atoms with Gasteiger partial charge >= 0.3 is 0 Å². The van der Waals surface area contributed by atoms with E-state index >= 15 is 0 Å². The number of nitrogens with zero attached hydrogens (tertiary/aromatic N) is 4. The number of hydrogen-bond acceptors (Lipinski definition) is 5. The highest BCUT2D eigenvalue weighted by atomic mass is 16.5. The van der Waals surface area contributed by atoms with Gasteiger partial charge in [0.25, 0.3) is 0 Å². The van der Waals surface area contributed by atoms with Gasteiger partial charge in [0.2, 0.25) is 0 Å². The SMILES string of the molecule is Cc1cccc(-c2[nH]ncc2C2=C/C=C/c3c(CN4CCOCC4)ccnc3C=C2)n1. The van der Waals surface area contributed by atoms with E-state index in [1.165, 1.54) is 11.1 Å². The zero-order valence-corrected chi connectivity index (χ0v) is 17.6. The van der Waals surface area contributed by atoms with Crippen LogP contribution in [0.25, 0.3) is 29.1 Å². The number of rotatable bonds is 4. The zero-order valence-electron chi connectivity index (χ0n) is 17.6. The average molecular weight is 412 g/mol. The minimum atomic E-state index is 0.804. The zero-order chi connectivity index (χ0) is 21.0. The van der Waals surface area contributed by atoms with Crippen LogP contribution in [0, 0.1) is 6.92 Å². The molecule has 0 amide bonds. The molecule has 6 heteroatoms. The second-order valence-electron chi connectivity index (χ2n) is 7.79. The highest BCUT2D eigenvalue weighted by Crippen LogP contribution is 2.29. The summed E-state index contributed by atoms with van der Waals surface area (Å²) in [5.74, 6) is 0. The lowest BCUT2D eigenvalue weighted by atomic mass is 9.98. The van der Waals surface area contributed by atoms with E-state index in [1.54, 1.807) is 0 Å². The summed E-state index contributed by atoms with van der Waals surface area (Å²) in [6.07, 6.45) is 14.3. The summed E-state index contributed by atoms with van der Waals surface area (Å²) in [6, 6.07) is 8.13. The Morgan fingerprint density at radius 1 is 1.10 bits per heavy atom. The Balaban J connectivity index is 1.45. The van der Waals surface area contributed by atoms with Crippen molar-refractivity contribution in [3.8, 4) is 11.4 Å². The molecule has 31 heavy (non-hydrogen) atoms. The molecule has 0 spiro atoms. The van der Waals surface area contributed by atoms with Crippen LogP contribution in [0.3, 0.4) is 0 Å². The Labute approximate surface area is 182 Å². The van der Waals surface area contributed by atoms with E-state index in [0.29, 0.717) is 0 Å². The second kappa shape index (κ2) is 8.79. The van der Waals surface area contributed by atoms with Crippen LogP contribution in [0.5, 0.6) is 0 Å². The number of aryl methyl sites for hydroxylation is 1. The minimum Gasteiger partial charge on any atom is -0.379 e. The number of pyridine rings is 2. The first-order valence-electron chi connectivity index (χ1n) is 10.6. The third-order valence-electron chi connectivity index (χ3n) is 5.66. The molecule has 1 aliphatic heterocycles. The van der Waals surface area contributed by atoms with Gasteiger partial charge in [-0.25, -0.2) is 0 Å². The lowest BCUT2D eigenvalue weighted by Gasteiger charge is -2.27. The molecule has 1 saturated heterocycles. The van der Waals surface area contributed by atoms with Crippen molar-refractivity contribution in [1.29, 1.82) is 0 Å². The first-order valence-corrected chi connectivity index (χ1v) is 10.6. The third-order valence-corrected chi connectivity index (χ3v) is 5.66. The highest BCUT2D eigenvalue weighted by Gasteiger charge is 2.16. The Kier molecular flexibility index (Phi) is 5.56. The van der Waals surface area contributed by atoms with Crippen LogP contribution in [-0.4, -0.2) is 51.4 Å².